The second-order valence-corrected chi connectivity index (χ2v) is 8.44. The van der Waals surface area contributed by atoms with E-state index in [1.807, 2.05) is 6.92 Å². The molecule has 0 aliphatic rings. The first kappa shape index (κ1) is 20.6. The number of hydrogen-bond acceptors (Lipinski definition) is 4. The van der Waals surface area contributed by atoms with Crippen molar-refractivity contribution in [2.24, 2.45) is 5.92 Å². The van der Waals surface area contributed by atoms with Crippen LogP contribution in [-0.4, -0.2) is 31.4 Å². The van der Waals surface area contributed by atoms with E-state index in [1.54, 1.807) is 37.3 Å². The van der Waals surface area contributed by atoms with Gasteiger partial charge in [0.15, 0.2) is 9.84 Å². The number of carboxylic acid groups (broad SMARTS) is 1. The highest BCUT2D eigenvalue weighted by Crippen LogP contribution is 2.17. The van der Waals surface area contributed by atoms with E-state index in [4.69, 9.17) is 0 Å². The standard InChI is InChI=1S/C20H23NO5S/c1-3-14(2)18(20(23)24)21-19(22)16-9-7-8-15(12-16)13-27(25,26)17-10-5-4-6-11-17/h4-12,14,18H,3,13H2,1-2H3,(H,21,22)(H,23,24)/t14-,18-/m0/s1. The number of nitrogens with one attached hydrogen (secondary N) is 1. The fourth-order valence-corrected chi connectivity index (χ4v) is 4.00. The molecule has 0 heterocycles. The van der Waals surface area contributed by atoms with E-state index in [0.29, 0.717) is 12.0 Å². The number of benzene rings is 2. The lowest BCUT2D eigenvalue weighted by molar-refractivity contribution is -0.140. The molecule has 0 radical (unpaired) electrons. The maximum absolute atomic E-state index is 12.5. The molecule has 2 atom stereocenters. The van der Waals surface area contributed by atoms with Crippen LogP contribution >= 0.6 is 0 Å². The Kier molecular flexibility index (Phi) is 6.74. The van der Waals surface area contributed by atoms with E-state index in [-0.39, 0.29) is 22.1 Å². The molecule has 2 aromatic rings. The molecule has 7 heteroatoms. The lowest BCUT2D eigenvalue weighted by Gasteiger charge is -2.20. The summed E-state index contributed by atoms with van der Waals surface area (Å²) in [6.45, 7) is 3.60. The Hall–Kier alpha value is -2.67. The summed E-state index contributed by atoms with van der Waals surface area (Å²) < 4.78 is 25.0. The van der Waals surface area contributed by atoms with Gasteiger partial charge in [-0.2, -0.15) is 0 Å². The number of carbonyl (C=O) groups is 2. The summed E-state index contributed by atoms with van der Waals surface area (Å²) in [5.41, 5.74) is 0.687. The summed E-state index contributed by atoms with van der Waals surface area (Å²) in [6, 6.07) is 13.3. The molecule has 2 rings (SSSR count). The van der Waals surface area contributed by atoms with Crippen molar-refractivity contribution in [3.05, 3.63) is 65.7 Å². The zero-order valence-electron chi connectivity index (χ0n) is 15.3. The molecule has 2 aromatic carbocycles. The van der Waals surface area contributed by atoms with Gasteiger partial charge in [-0.1, -0.05) is 50.6 Å². The van der Waals surface area contributed by atoms with Crippen LogP contribution in [0.3, 0.4) is 0 Å². The Morgan fingerprint density at radius 2 is 1.74 bits per heavy atom. The minimum Gasteiger partial charge on any atom is -0.480 e. The van der Waals surface area contributed by atoms with E-state index in [9.17, 15) is 23.1 Å². The Morgan fingerprint density at radius 3 is 2.33 bits per heavy atom. The topological polar surface area (TPSA) is 101 Å². The van der Waals surface area contributed by atoms with Crippen molar-refractivity contribution in [2.75, 3.05) is 0 Å². The quantitative estimate of drug-likeness (QED) is 0.723. The minimum absolute atomic E-state index is 0.211. The summed E-state index contributed by atoms with van der Waals surface area (Å²) in [7, 11) is -3.54. The van der Waals surface area contributed by atoms with Crippen molar-refractivity contribution < 1.29 is 23.1 Å². The number of carbonyl (C=O) groups excluding carboxylic acids is 1. The molecule has 6 nitrogen and oxygen atoms in total. The predicted molar refractivity (Wildman–Crippen MR) is 102 cm³/mol. The normalized spacial score (nSPS) is 13.6. The van der Waals surface area contributed by atoms with E-state index in [0.717, 1.165) is 0 Å². The van der Waals surface area contributed by atoms with Crippen LogP contribution in [-0.2, 0) is 20.4 Å². The maximum Gasteiger partial charge on any atom is 0.326 e. The van der Waals surface area contributed by atoms with Gasteiger partial charge >= 0.3 is 5.97 Å². The molecule has 144 valence electrons. The van der Waals surface area contributed by atoms with Gasteiger partial charge in [0, 0.05) is 5.56 Å². The van der Waals surface area contributed by atoms with Gasteiger partial charge in [0.2, 0.25) is 0 Å². The fraction of sp³-hybridized carbons (Fsp3) is 0.300. The predicted octanol–water partition coefficient (Wildman–Crippen LogP) is 2.89. The van der Waals surface area contributed by atoms with E-state index >= 15 is 0 Å². The van der Waals surface area contributed by atoms with Crippen LogP contribution in [0.25, 0.3) is 0 Å². The average molecular weight is 389 g/mol. The molecule has 2 N–H and O–H groups in total. The van der Waals surface area contributed by atoms with Gasteiger partial charge < -0.3 is 10.4 Å². The highest BCUT2D eigenvalue weighted by molar-refractivity contribution is 7.90. The SMILES string of the molecule is CC[C@H](C)[C@H](NC(=O)c1cccc(CS(=O)(=O)c2ccccc2)c1)C(=O)O. The minimum atomic E-state index is -3.54. The molecule has 27 heavy (non-hydrogen) atoms. The number of sulfone groups is 1. The monoisotopic (exact) mass is 389 g/mol. The summed E-state index contributed by atoms with van der Waals surface area (Å²) in [5, 5.41) is 11.8. The molecule has 0 aromatic heterocycles. The van der Waals surface area contributed by atoms with Crippen LogP contribution in [0.1, 0.15) is 36.2 Å². The first-order valence-corrected chi connectivity index (χ1v) is 10.3. The average Bonchev–Trinajstić information content (AvgIpc) is 2.65. The van der Waals surface area contributed by atoms with Crippen LogP contribution in [0.5, 0.6) is 0 Å². The van der Waals surface area contributed by atoms with Gasteiger partial charge in [0.1, 0.15) is 6.04 Å². The third-order valence-corrected chi connectivity index (χ3v) is 6.12. The zero-order chi connectivity index (χ0) is 20.0. The second kappa shape index (κ2) is 8.81. The molecule has 0 saturated carbocycles. The summed E-state index contributed by atoms with van der Waals surface area (Å²) in [6.07, 6.45) is 0.604. The molecule has 0 aliphatic heterocycles. The van der Waals surface area contributed by atoms with Crippen molar-refractivity contribution in [1.29, 1.82) is 0 Å². The number of carboxylic acids is 1. The third kappa shape index (κ3) is 5.40. The van der Waals surface area contributed by atoms with Gasteiger partial charge in [-0.15, -0.1) is 0 Å². The van der Waals surface area contributed by atoms with Crippen LogP contribution in [0.15, 0.2) is 59.5 Å². The van der Waals surface area contributed by atoms with Gasteiger partial charge in [0.25, 0.3) is 5.91 Å². The Labute approximate surface area is 159 Å². The fourth-order valence-electron chi connectivity index (χ4n) is 2.64. The second-order valence-electron chi connectivity index (χ2n) is 6.45. The van der Waals surface area contributed by atoms with E-state index < -0.39 is 27.8 Å². The van der Waals surface area contributed by atoms with E-state index in [2.05, 4.69) is 5.32 Å². The lowest BCUT2D eigenvalue weighted by atomic mass is 9.99. The van der Waals surface area contributed by atoms with Crippen molar-refractivity contribution in [3.8, 4) is 0 Å². The maximum atomic E-state index is 12.5. The molecule has 0 aliphatic carbocycles. The molecular formula is C20H23NO5S. The highest BCUT2D eigenvalue weighted by atomic mass is 32.2. The Balaban J connectivity index is 2.19. The Bertz CT molecular complexity index is 909. The van der Waals surface area contributed by atoms with Crippen molar-refractivity contribution in [3.63, 3.8) is 0 Å². The molecule has 1 amide bonds. The van der Waals surface area contributed by atoms with Crippen LogP contribution in [0.2, 0.25) is 0 Å². The van der Waals surface area contributed by atoms with Gasteiger partial charge in [-0.3, -0.25) is 4.79 Å². The van der Waals surface area contributed by atoms with E-state index in [1.165, 1.54) is 24.3 Å². The largest absolute Gasteiger partial charge is 0.480 e. The van der Waals surface area contributed by atoms with Gasteiger partial charge in [-0.05, 0) is 35.7 Å². The molecular weight excluding hydrogens is 366 g/mol. The van der Waals surface area contributed by atoms with Gasteiger partial charge in [-0.25, -0.2) is 13.2 Å². The number of hydrogen-bond donors (Lipinski definition) is 2. The molecule has 0 spiro atoms. The molecule has 0 saturated heterocycles. The zero-order valence-corrected chi connectivity index (χ0v) is 16.1. The lowest BCUT2D eigenvalue weighted by Crippen LogP contribution is -2.45. The van der Waals surface area contributed by atoms with Crippen molar-refractivity contribution in [2.45, 2.75) is 37.0 Å². The first-order valence-electron chi connectivity index (χ1n) is 8.65. The summed E-state index contributed by atoms with van der Waals surface area (Å²) in [4.78, 5) is 24.0. The summed E-state index contributed by atoms with van der Waals surface area (Å²) >= 11 is 0. The molecule has 0 bridgehead atoms. The first-order chi connectivity index (χ1) is 12.7. The van der Waals surface area contributed by atoms with Crippen LogP contribution < -0.4 is 5.32 Å². The summed E-state index contributed by atoms with van der Waals surface area (Å²) in [5.74, 6) is -2.11. The highest BCUT2D eigenvalue weighted by Gasteiger charge is 2.26. The van der Waals surface area contributed by atoms with Crippen molar-refractivity contribution in [1.82, 2.24) is 5.32 Å². The number of rotatable bonds is 8. The molecule has 0 unspecified atom stereocenters. The van der Waals surface area contributed by atoms with Gasteiger partial charge in [0.05, 0.1) is 10.6 Å². The van der Waals surface area contributed by atoms with Crippen LogP contribution in [0, 0.1) is 5.92 Å². The smallest absolute Gasteiger partial charge is 0.326 e. The number of aliphatic carboxylic acids is 1. The molecule has 0 fully saturated rings. The number of amides is 1. The van der Waals surface area contributed by atoms with Crippen LogP contribution in [0.4, 0.5) is 0 Å². The van der Waals surface area contributed by atoms with Crippen molar-refractivity contribution >= 4 is 21.7 Å². The third-order valence-electron chi connectivity index (χ3n) is 4.41. The Morgan fingerprint density at radius 1 is 1.07 bits per heavy atom.